The lowest BCUT2D eigenvalue weighted by molar-refractivity contribution is 0.0731. The molecule has 1 aromatic rings. The first kappa shape index (κ1) is 13.5. The van der Waals surface area contributed by atoms with Crippen LogP contribution in [0.4, 0.5) is 4.39 Å². The van der Waals surface area contributed by atoms with E-state index < -0.39 is 5.82 Å². The van der Waals surface area contributed by atoms with E-state index in [2.05, 4.69) is 0 Å². The number of carbonyl (C=O) groups excluding carboxylic acids is 1. The summed E-state index contributed by atoms with van der Waals surface area (Å²) >= 11 is 5.54. The van der Waals surface area contributed by atoms with E-state index >= 15 is 0 Å². The SMILES string of the molecule is CC(C)N(CC#N)C(=O)c1ccc(Cl)c(F)c1. The fourth-order valence-corrected chi connectivity index (χ4v) is 1.48. The maximum atomic E-state index is 13.2. The van der Waals surface area contributed by atoms with Gasteiger partial charge in [0.15, 0.2) is 0 Å². The summed E-state index contributed by atoms with van der Waals surface area (Å²) in [4.78, 5) is 13.4. The van der Waals surface area contributed by atoms with Crippen molar-refractivity contribution in [1.29, 1.82) is 5.26 Å². The van der Waals surface area contributed by atoms with Crippen LogP contribution in [0.25, 0.3) is 0 Å². The number of halogens is 2. The highest BCUT2D eigenvalue weighted by Crippen LogP contribution is 2.17. The summed E-state index contributed by atoms with van der Waals surface area (Å²) in [5.41, 5.74) is 0.191. The molecule has 17 heavy (non-hydrogen) atoms. The van der Waals surface area contributed by atoms with Crippen molar-refractivity contribution in [3.05, 3.63) is 34.6 Å². The Balaban J connectivity index is 3.02. The van der Waals surface area contributed by atoms with Crippen LogP contribution in [0.1, 0.15) is 24.2 Å². The monoisotopic (exact) mass is 254 g/mol. The zero-order chi connectivity index (χ0) is 13.0. The maximum absolute atomic E-state index is 13.2. The van der Waals surface area contributed by atoms with Gasteiger partial charge in [0, 0.05) is 11.6 Å². The van der Waals surface area contributed by atoms with Crippen LogP contribution in [0.15, 0.2) is 18.2 Å². The Morgan fingerprint density at radius 1 is 1.59 bits per heavy atom. The molecular weight excluding hydrogens is 243 g/mol. The number of nitriles is 1. The van der Waals surface area contributed by atoms with Gasteiger partial charge in [0.2, 0.25) is 0 Å². The zero-order valence-electron chi connectivity index (χ0n) is 9.58. The number of benzene rings is 1. The molecule has 0 spiro atoms. The average Bonchev–Trinajstić information content (AvgIpc) is 2.28. The maximum Gasteiger partial charge on any atom is 0.255 e. The van der Waals surface area contributed by atoms with Gasteiger partial charge in [-0.25, -0.2) is 4.39 Å². The van der Waals surface area contributed by atoms with E-state index in [-0.39, 0.29) is 29.1 Å². The Kier molecular flexibility index (Phi) is 4.47. The van der Waals surface area contributed by atoms with Gasteiger partial charge in [-0.1, -0.05) is 11.6 Å². The molecule has 90 valence electrons. The third-order valence-electron chi connectivity index (χ3n) is 2.29. The third-order valence-corrected chi connectivity index (χ3v) is 2.60. The number of nitrogens with zero attached hydrogens (tertiary/aromatic N) is 2. The molecule has 0 atom stereocenters. The van der Waals surface area contributed by atoms with Gasteiger partial charge in [0.05, 0.1) is 11.1 Å². The van der Waals surface area contributed by atoms with Crippen molar-refractivity contribution in [3.8, 4) is 6.07 Å². The van der Waals surface area contributed by atoms with Crippen molar-refractivity contribution in [2.75, 3.05) is 6.54 Å². The summed E-state index contributed by atoms with van der Waals surface area (Å²) < 4.78 is 13.2. The molecule has 5 heteroatoms. The highest BCUT2D eigenvalue weighted by Gasteiger charge is 2.19. The Morgan fingerprint density at radius 3 is 2.71 bits per heavy atom. The minimum absolute atomic E-state index is 0.0270. The predicted octanol–water partition coefficient (Wildman–Crippen LogP) is 2.85. The lowest BCUT2D eigenvalue weighted by atomic mass is 10.1. The molecule has 1 aromatic carbocycles. The van der Waals surface area contributed by atoms with Gasteiger partial charge < -0.3 is 4.90 Å². The topological polar surface area (TPSA) is 44.1 Å². The molecule has 0 heterocycles. The Bertz CT molecular complexity index is 468. The predicted molar refractivity (Wildman–Crippen MR) is 63.2 cm³/mol. The van der Waals surface area contributed by atoms with Gasteiger partial charge in [0.1, 0.15) is 12.4 Å². The van der Waals surface area contributed by atoms with Crippen molar-refractivity contribution in [2.45, 2.75) is 19.9 Å². The van der Waals surface area contributed by atoms with E-state index in [9.17, 15) is 9.18 Å². The first-order valence-electron chi connectivity index (χ1n) is 5.10. The number of amides is 1. The summed E-state index contributed by atoms with van der Waals surface area (Å²) in [7, 11) is 0. The minimum atomic E-state index is -0.641. The fraction of sp³-hybridized carbons (Fsp3) is 0.333. The second kappa shape index (κ2) is 5.65. The van der Waals surface area contributed by atoms with E-state index in [4.69, 9.17) is 16.9 Å². The Labute approximate surface area is 104 Å². The molecule has 0 radical (unpaired) electrons. The van der Waals surface area contributed by atoms with E-state index in [1.165, 1.54) is 17.0 Å². The summed E-state index contributed by atoms with van der Waals surface area (Å²) in [6, 6.07) is 5.64. The Morgan fingerprint density at radius 2 is 2.24 bits per heavy atom. The van der Waals surface area contributed by atoms with Crippen molar-refractivity contribution in [1.82, 2.24) is 4.90 Å². The number of hydrogen-bond donors (Lipinski definition) is 0. The van der Waals surface area contributed by atoms with E-state index in [0.29, 0.717) is 0 Å². The van der Waals surface area contributed by atoms with Gasteiger partial charge in [-0.15, -0.1) is 0 Å². The molecule has 0 aromatic heterocycles. The first-order chi connectivity index (χ1) is 7.97. The van der Waals surface area contributed by atoms with Gasteiger partial charge in [-0.2, -0.15) is 5.26 Å². The molecule has 0 fully saturated rings. The van der Waals surface area contributed by atoms with Crippen molar-refractivity contribution in [3.63, 3.8) is 0 Å². The van der Waals surface area contributed by atoms with Crippen LogP contribution in [0.3, 0.4) is 0 Å². The molecule has 0 unspecified atom stereocenters. The third kappa shape index (κ3) is 3.18. The highest BCUT2D eigenvalue weighted by atomic mass is 35.5. The smallest absolute Gasteiger partial charge is 0.255 e. The first-order valence-corrected chi connectivity index (χ1v) is 5.48. The van der Waals surface area contributed by atoms with Crippen LogP contribution >= 0.6 is 11.6 Å². The molecule has 3 nitrogen and oxygen atoms in total. The lowest BCUT2D eigenvalue weighted by Gasteiger charge is -2.23. The summed E-state index contributed by atoms with van der Waals surface area (Å²) in [6.07, 6.45) is 0. The van der Waals surface area contributed by atoms with Crippen LogP contribution in [0.5, 0.6) is 0 Å². The quantitative estimate of drug-likeness (QED) is 0.779. The standard InChI is InChI=1S/C12H12ClFN2O/c1-8(2)16(6-5-15)12(17)9-3-4-10(13)11(14)7-9/h3-4,7-8H,6H2,1-2H3. The summed E-state index contributed by atoms with van der Waals surface area (Å²) in [5, 5.41) is 8.61. The summed E-state index contributed by atoms with van der Waals surface area (Å²) in [6.45, 7) is 3.56. The van der Waals surface area contributed by atoms with Gasteiger partial charge >= 0.3 is 0 Å². The molecule has 0 saturated carbocycles. The van der Waals surface area contributed by atoms with E-state index in [0.717, 1.165) is 6.07 Å². The molecule has 1 rings (SSSR count). The van der Waals surface area contributed by atoms with E-state index in [1.807, 2.05) is 6.07 Å². The van der Waals surface area contributed by atoms with Crippen LogP contribution in [0, 0.1) is 17.1 Å². The average molecular weight is 255 g/mol. The fourth-order valence-electron chi connectivity index (χ4n) is 1.36. The molecule has 0 bridgehead atoms. The van der Waals surface area contributed by atoms with Crippen LogP contribution in [0.2, 0.25) is 5.02 Å². The molecular formula is C12H12ClFN2O. The van der Waals surface area contributed by atoms with Crippen LogP contribution in [-0.4, -0.2) is 23.4 Å². The van der Waals surface area contributed by atoms with Crippen LogP contribution in [-0.2, 0) is 0 Å². The zero-order valence-corrected chi connectivity index (χ0v) is 10.3. The summed E-state index contributed by atoms with van der Waals surface area (Å²) in [5.74, 6) is -1.02. The van der Waals surface area contributed by atoms with Crippen molar-refractivity contribution >= 4 is 17.5 Å². The van der Waals surface area contributed by atoms with Crippen LogP contribution < -0.4 is 0 Å². The molecule has 0 saturated heterocycles. The van der Waals surface area contributed by atoms with Gasteiger partial charge in [-0.3, -0.25) is 4.79 Å². The molecule has 0 aliphatic heterocycles. The number of carbonyl (C=O) groups is 1. The normalized spacial score (nSPS) is 10.1. The van der Waals surface area contributed by atoms with Crippen molar-refractivity contribution in [2.24, 2.45) is 0 Å². The largest absolute Gasteiger partial charge is 0.323 e. The molecule has 0 aliphatic carbocycles. The molecule has 0 N–H and O–H groups in total. The second-order valence-electron chi connectivity index (χ2n) is 3.81. The van der Waals surface area contributed by atoms with Crippen molar-refractivity contribution < 1.29 is 9.18 Å². The van der Waals surface area contributed by atoms with Gasteiger partial charge in [0.25, 0.3) is 5.91 Å². The second-order valence-corrected chi connectivity index (χ2v) is 4.22. The van der Waals surface area contributed by atoms with Gasteiger partial charge in [-0.05, 0) is 32.0 Å². The number of hydrogen-bond acceptors (Lipinski definition) is 2. The van der Waals surface area contributed by atoms with E-state index in [1.54, 1.807) is 13.8 Å². The highest BCUT2D eigenvalue weighted by molar-refractivity contribution is 6.30. The molecule has 0 aliphatic rings. The lowest BCUT2D eigenvalue weighted by Crippen LogP contribution is -2.37. The number of rotatable bonds is 3. The molecule has 1 amide bonds. The Hall–Kier alpha value is -1.60. The minimum Gasteiger partial charge on any atom is -0.323 e.